The summed E-state index contributed by atoms with van der Waals surface area (Å²) in [5, 5.41) is 8.70. The minimum absolute atomic E-state index is 0.00236. The van der Waals surface area contributed by atoms with Gasteiger partial charge in [-0.3, -0.25) is 4.79 Å². The van der Waals surface area contributed by atoms with Crippen molar-refractivity contribution in [1.29, 1.82) is 0 Å². The van der Waals surface area contributed by atoms with Crippen LogP contribution in [0.4, 0.5) is 0 Å². The van der Waals surface area contributed by atoms with Gasteiger partial charge in [0, 0.05) is 26.0 Å². The third-order valence-electron chi connectivity index (χ3n) is 2.19. The third kappa shape index (κ3) is 2.37. The first-order valence-corrected chi connectivity index (χ1v) is 4.53. The van der Waals surface area contributed by atoms with Crippen LogP contribution in [-0.4, -0.2) is 40.6 Å². The molecule has 0 aromatic rings. The molecule has 4 heteroatoms. The van der Waals surface area contributed by atoms with Crippen molar-refractivity contribution in [2.24, 2.45) is 0 Å². The van der Waals surface area contributed by atoms with Crippen molar-refractivity contribution < 1.29 is 9.90 Å². The van der Waals surface area contributed by atoms with Crippen LogP contribution in [0.2, 0.25) is 0 Å². The lowest BCUT2D eigenvalue weighted by Gasteiger charge is -2.28. The zero-order valence-electron chi connectivity index (χ0n) is 8.10. The summed E-state index contributed by atoms with van der Waals surface area (Å²) < 4.78 is 0. The highest BCUT2D eigenvalue weighted by molar-refractivity contribution is 5.67. The Kier molecular flexibility index (Phi) is 3.17. The van der Waals surface area contributed by atoms with Gasteiger partial charge in [-0.2, -0.15) is 0 Å². The fraction of sp³-hybridized carbons (Fsp3) is 0.667. The topological polar surface area (TPSA) is 43.8 Å². The molecule has 1 atom stereocenters. The average molecular weight is 184 g/mol. The van der Waals surface area contributed by atoms with Crippen molar-refractivity contribution >= 4 is 5.97 Å². The fourth-order valence-corrected chi connectivity index (χ4v) is 1.52. The first kappa shape index (κ1) is 9.89. The molecular formula is C9H16N2O2. The zero-order chi connectivity index (χ0) is 9.84. The van der Waals surface area contributed by atoms with Crippen LogP contribution in [0.5, 0.6) is 0 Å². The molecular weight excluding hydrogens is 168 g/mol. The molecule has 1 N–H and O–H groups in total. The van der Waals surface area contributed by atoms with Gasteiger partial charge in [0.15, 0.2) is 0 Å². The molecule has 1 aliphatic rings. The van der Waals surface area contributed by atoms with E-state index in [1.165, 1.54) is 0 Å². The van der Waals surface area contributed by atoms with Crippen molar-refractivity contribution in [3.63, 3.8) is 0 Å². The number of rotatable bonds is 4. The van der Waals surface area contributed by atoms with Gasteiger partial charge in [-0.15, -0.1) is 0 Å². The van der Waals surface area contributed by atoms with E-state index in [9.17, 15) is 4.79 Å². The number of carboxylic acids is 1. The summed E-state index contributed by atoms with van der Waals surface area (Å²) in [4.78, 5) is 14.6. The van der Waals surface area contributed by atoms with E-state index < -0.39 is 5.97 Å². The predicted molar refractivity (Wildman–Crippen MR) is 49.9 cm³/mol. The monoisotopic (exact) mass is 184 g/mol. The Labute approximate surface area is 78.4 Å². The molecule has 0 radical (unpaired) electrons. The van der Waals surface area contributed by atoms with Crippen molar-refractivity contribution in [2.75, 3.05) is 13.6 Å². The molecule has 0 aromatic carbocycles. The second-order valence-electron chi connectivity index (χ2n) is 3.28. The molecule has 0 spiro atoms. The summed E-state index contributed by atoms with van der Waals surface area (Å²) >= 11 is 0. The molecule has 1 unspecified atom stereocenters. The van der Waals surface area contributed by atoms with Gasteiger partial charge in [0.05, 0.1) is 6.42 Å². The average Bonchev–Trinajstić information content (AvgIpc) is 2.36. The molecule has 1 aliphatic heterocycles. The van der Waals surface area contributed by atoms with Gasteiger partial charge in [-0.1, -0.05) is 6.92 Å². The molecule has 74 valence electrons. The largest absolute Gasteiger partial charge is 0.481 e. The van der Waals surface area contributed by atoms with Gasteiger partial charge in [-0.05, 0) is 6.42 Å². The second-order valence-corrected chi connectivity index (χ2v) is 3.28. The van der Waals surface area contributed by atoms with Crippen LogP contribution in [0.1, 0.15) is 19.8 Å². The van der Waals surface area contributed by atoms with E-state index in [0.29, 0.717) is 0 Å². The molecule has 4 nitrogen and oxygen atoms in total. The summed E-state index contributed by atoms with van der Waals surface area (Å²) in [5.74, 6) is -0.748. The Bertz CT molecular complexity index is 216. The molecule has 13 heavy (non-hydrogen) atoms. The fourth-order valence-electron chi connectivity index (χ4n) is 1.52. The number of nitrogens with zero attached hydrogens (tertiary/aromatic N) is 2. The molecule has 0 aromatic heterocycles. The summed E-state index contributed by atoms with van der Waals surface area (Å²) in [5.41, 5.74) is 0. The van der Waals surface area contributed by atoms with Crippen LogP contribution in [-0.2, 0) is 4.79 Å². The molecule has 0 bridgehead atoms. The van der Waals surface area contributed by atoms with Gasteiger partial charge in [0.25, 0.3) is 0 Å². The van der Waals surface area contributed by atoms with Crippen LogP contribution in [0.15, 0.2) is 12.4 Å². The molecule has 0 saturated heterocycles. The van der Waals surface area contributed by atoms with Crippen molar-refractivity contribution in [3.05, 3.63) is 12.4 Å². The van der Waals surface area contributed by atoms with E-state index in [0.717, 1.165) is 13.0 Å². The van der Waals surface area contributed by atoms with E-state index in [1.807, 2.05) is 24.3 Å². The minimum atomic E-state index is -0.748. The van der Waals surface area contributed by atoms with Crippen LogP contribution >= 0.6 is 0 Å². The Morgan fingerprint density at radius 1 is 1.54 bits per heavy atom. The lowest BCUT2D eigenvalue weighted by atomic mass is 10.3. The minimum Gasteiger partial charge on any atom is -0.481 e. The van der Waals surface area contributed by atoms with E-state index in [4.69, 9.17) is 5.11 Å². The number of carbonyl (C=O) groups is 1. The molecule has 0 saturated carbocycles. The lowest BCUT2D eigenvalue weighted by molar-refractivity contribution is -0.139. The van der Waals surface area contributed by atoms with Crippen LogP contribution < -0.4 is 0 Å². The van der Waals surface area contributed by atoms with Gasteiger partial charge < -0.3 is 14.9 Å². The van der Waals surface area contributed by atoms with E-state index >= 15 is 0 Å². The zero-order valence-corrected chi connectivity index (χ0v) is 8.10. The Balaban J connectivity index is 2.53. The number of carboxylic acid groups (broad SMARTS) is 1. The molecule has 0 aliphatic carbocycles. The highest BCUT2D eigenvalue weighted by Gasteiger charge is 2.24. The highest BCUT2D eigenvalue weighted by atomic mass is 16.4. The Morgan fingerprint density at radius 2 is 2.23 bits per heavy atom. The van der Waals surface area contributed by atoms with E-state index in [-0.39, 0.29) is 12.6 Å². The number of aliphatic carboxylic acids is 1. The van der Waals surface area contributed by atoms with Crippen molar-refractivity contribution in [2.45, 2.75) is 25.9 Å². The van der Waals surface area contributed by atoms with Gasteiger partial charge >= 0.3 is 5.97 Å². The number of hydrogen-bond donors (Lipinski definition) is 1. The maximum atomic E-state index is 10.6. The van der Waals surface area contributed by atoms with Crippen LogP contribution in [0, 0.1) is 0 Å². The van der Waals surface area contributed by atoms with Crippen LogP contribution in [0.25, 0.3) is 0 Å². The van der Waals surface area contributed by atoms with Gasteiger partial charge in [0.2, 0.25) is 0 Å². The maximum absolute atomic E-state index is 10.6. The first-order chi connectivity index (χ1) is 6.15. The molecule has 1 heterocycles. The smallest absolute Gasteiger partial charge is 0.307 e. The molecule has 0 amide bonds. The van der Waals surface area contributed by atoms with Gasteiger partial charge in [0.1, 0.15) is 6.17 Å². The molecule has 1 rings (SSSR count). The van der Waals surface area contributed by atoms with Gasteiger partial charge in [-0.25, -0.2) is 0 Å². The number of hydrogen-bond acceptors (Lipinski definition) is 3. The quantitative estimate of drug-likeness (QED) is 0.705. The SMILES string of the molecule is CCCN1C=CN(C)C1CC(=O)O. The van der Waals surface area contributed by atoms with Crippen molar-refractivity contribution in [1.82, 2.24) is 9.80 Å². The van der Waals surface area contributed by atoms with Crippen molar-refractivity contribution in [3.8, 4) is 0 Å². The summed E-state index contributed by atoms with van der Waals surface area (Å²) in [7, 11) is 1.90. The summed E-state index contributed by atoms with van der Waals surface area (Å²) in [6.45, 7) is 3.00. The Hall–Kier alpha value is -1.19. The summed E-state index contributed by atoms with van der Waals surface area (Å²) in [6, 6.07) is 0. The molecule has 0 fully saturated rings. The Morgan fingerprint density at radius 3 is 2.77 bits per heavy atom. The lowest BCUT2D eigenvalue weighted by Crippen LogP contribution is -2.38. The highest BCUT2D eigenvalue weighted by Crippen LogP contribution is 2.16. The second kappa shape index (κ2) is 4.16. The van der Waals surface area contributed by atoms with Crippen LogP contribution in [0.3, 0.4) is 0 Å². The standard InChI is InChI=1S/C9H16N2O2/c1-3-4-11-6-5-10(2)8(11)7-9(12)13/h5-6,8H,3-4,7H2,1-2H3,(H,12,13). The summed E-state index contributed by atoms with van der Waals surface area (Å²) in [6.07, 6.45) is 5.08. The first-order valence-electron chi connectivity index (χ1n) is 4.53. The predicted octanol–water partition coefficient (Wildman–Crippen LogP) is 0.916. The third-order valence-corrected chi connectivity index (χ3v) is 2.19. The van der Waals surface area contributed by atoms with E-state index in [1.54, 1.807) is 0 Å². The maximum Gasteiger partial charge on any atom is 0.307 e. The normalized spacial score (nSPS) is 21.2. The van der Waals surface area contributed by atoms with E-state index in [2.05, 4.69) is 11.8 Å².